The number of hydrogen-bond acceptors (Lipinski definition) is 2. The topological polar surface area (TPSA) is 24.1 Å². The van der Waals surface area contributed by atoms with Crippen LogP contribution >= 0.6 is 0 Å². The second-order valence-corrected chi connectivity index (χ2v) is 1.32. The molecule has 2 nitrogen and oxygen atoms in total. The summed E-state index contributed by atoms with van der Waals surface area (Å²) < 4.78 is 0. The Balaban J connectivity index is 2.45. The van der Waals surface area contributed by atoms with Crippen molar-refractivity contribution in [3.05, 3.63) is 11.7 Å². The zero-order valence-electron chi connectivity index (χ0n) is 3.65. The van der Waals surface area contributed by atoms with Crippen LogP contribution in [-0.4, -0.2) is 7.41 Å². The van der Waals surface area contributed by atoms with Crippen LogP contribution in [0.1, 0.15) is 6.92 Å². The molecule has 0 aromatic heterocycles. The fourth-order valence-corrected chi connectivity index (χ4v) is 0.353. The third kappa shape index (κ3) is 0.544. The molecule has 0 fully saturated rings. The Morgan fingerprint density at radius 2 is 2.67 bits per heavy atom. The summed E-state index contributed by atoms with van der Waals surface area (Å²) in [6.45, 7) is 2.02. The van der Waals surface area contributed by atoms with Gasteiger partial charge in [0.15, 0.2) is 0 Å². The van der Waals surface area contributed by atoms with E-state index in [9.17, 15) is 0 Å². The van der Waals surface area contributed by atoms with Crippen molar-refractivity contribution in [1.82, 2.24) is 10.8 Å². The number of rotatable bonds is 0. The summed E-state index contributed by atoms with van der Waals surface area (Å²) in [6.07, 6.45) is 1.90. The van der Waals surface area contributed by atoms with Crippen molar-refractivity contribution in [2.24, 2.45) is 0 Å². The van der Waals surface area contributed by atoms with E-state index in [1.54, 1.807) is 0 Å². The molecule has 0 atom stereocenters. The number of hydrazine groups is 1. The van der Waals surface area contributed by atoms with Gasteiger partial charge in [0.2, 0.25) is 0 Å². The van der Waals surface area contributed by atoms with Crippen molar-refractivity contribution in [2.75, 3.05) is 0 Å². The highest BCUT2D eigenvalue weighted by molar-refractivity contribution is 6.42. The van der Waals surface area contributed by atoms with E-state index in [-0.39, 0.29) is 0 Å². The minimum absolute atomic E-state index is 1.23. The van der Waals surface area contributed by atoms with Gasteiger partial charge in [-0.1, -0.05) is 5.47 Å². The SMILES string of the molecule is CC1=CNN[B]1. The maximum atomic E-state index is 2.80. The van der Waals surface area contributed by atoms with E-state index in [0.29, 0.717) is 0 Å². The second kappa shape index (κ2) is 1.35. The molecular weight excluding hydrogens is 74.9 g/mol. The summed E-state index contributed by atoms with van der Waals surface area (Å²) in [5, 5.41) is 2.80. The molecule has 1 heterocycles. The monoisotopic (exact) mass is 81.1 g/mol. The number of nitrogens with one attached hydrogen (secondary N) is 2. The van der Waals surface area contributed by atoms with E-state index >= 15 is 0 Å². The molecule has 1 aliphatic rings. The van der Waals surface area contributed by atoms with E-state index in [4.69, 9.17) is 0 Å². The molecule has 0 spiro atoms. The lowest BCUT2D eigenvalue weighted by atomic mass is 9.87. The molecule has 2 N–H and O–H groups in total. The van der Waals surface area contributed by atoms with Crippen LogP contribution in [0.25, 0.3) is 0 Å². The Morgan fingerprint density at radius 1 is 1.83 bits per heavy atom. The van der Waals surface area contributed by atoms with E-state index in [0.717, 1.165) is 0 Å². The van der Waals surface area contributed by atoms with Gasteiger partial charge >= 0.3 is 0 Å². The van der Waals surface area contributed by atoms with E-state index in [1.807, 2.05) is 20.5 Å². The lowest BCUT2D eigenvalue weighted by molar-refractivity contribution is 0.875. The first-order valence-corrected chi connectivity index (χ1v) is 1.90. The lowest BCUT2D eigenvalue weighted by Gasteiger charge is -1.83. The molecule has 0 saturated carbocycles. The van der Waals surface area contributed by atoms with Crippen LogP contribution in [0.5, 0.6) is 0 Å². The van der Waals surface area contributed by atoms with Crippen LogP contribution in [0, 0.1) is 0 Å². The zero-order valence-corrected chi connectivity index (χ0v) is 3.65. The highest BCUT2D eigenvalue weighted by Crippen LogP contribution is 1.85. The summed E-state index contributed by atoms with van der Waals surface area (Å²) in [7, 11) is 1.90. The smallest absolute Gasteiger partial charge is 0.266 e. The molecule has 1 rings (SSSR count). The normalized spacial score (nSPS) is 18.5. The molecular formula is C3H6BN2. The number of allylic oxidation sites excluding steroid dienone is 1. The Hall–Kier alpha value is -0.435. The molecule has 0 aromatic carbocycles. The first-order chi connectivity index (χ1) is 2.89. The van der Waals surface area contributed by atoms with E-state index < -0.39 is 0 Å². The second-order valence-electron chi connectivity index (χ2n) is 1.32. The van der Waals surface area contributed by atoms with Gasteiger partial charge in [-0.15, -0.1) is 0 Å². The first-order valence-electron chi connectivity index (χ1n) is 1.90. The Bertz CT molecular complexity index is 78.9. The van der Waals surface area contributed by atoms with Crippen molar-refractivity contribution in [1.29, 1.82) is 0 Å². The average Bonchev–Trinajstić information content (AvgIpc) is 1.86. The van der Waals surface area contributed by atoms with Crippen molar-refractivity contribution in [2.45, 2.75) is 6.92 Å². The molecule has 1 radical (unpaired) electrons. The van der Waals surface area contributed by atoms with Gasteiger partial charge in [-0.3, -0.25) is 5.34 Å². The van der Waals surface area contributed by atoms with Gasteiger partial charge < -0.3 is 5.43 Å². The summed E-state index contributed by atoms with van der Waals surface area (Å²) in [4.78, 5) is 0. The van der Waals surface area contributed by atoms with Gasteiger partial charge in [-0.2, -0.15) is 0 Å². The lowest BCUT2D eigenvalue weighted by Crippen LogP contribution is -2.23. The first kappa shape index (κ1) is 3.74. The molecule has 0 bridgehead atoms. The fraction of sp³-hybridized carbons (Fsp3) is 0.333. The Labute approximate surface area is 37.9 Å². The highest BCUT2D eigenvalue weighted by atomic mass is 15.3. The predicted molar refractivity (Wildman–Crippen MR) is 25.8 cm³/mol. The average molecular weight is 80.9 g/mol. The van der Waals surface area contributed by atoms with Crippen molar-refractivity contribution in [3.8, 4) is 0 Å². The zero-order chi connectivity index (χ0) is 4.41. The van der Waals surface area contributed by atoms with Gasteiger partial charge in [0.1, 0.15) is 0 Å². The third-order valence-corrected chi connectivity index (χ3v) is 0.683. The molecule has 0 saturated heterocycles. The molecule has 1 aliphatic heterocycles. The van der Waals surface area contributed by atoms with Crippen LogP contribution in [0.4, 0.5) is 0 Å². The largest absolute Gasteiger partial charge is 0.340 e. The van der Waals surface area contributed by atoms with Crippen molar-refractivity contribution < 1.29 is 0 Å². The molecule has 0 amide bonds. The van der Waals surface area contributed by atoms with Crippen molar-refractivity contribution >= 4 is 7.41 Å². The quantitative estimate of drug-likeness (QED) is 0.387. The van der Waals surface area contributed by atoms with E-state index in [1.165, 1.54) is 5.47 Å². The minimum Gasteiger partial charge on any atom is -0.340 e. The molecule has 0 unspecified atom stereocenters. The summed E-state index contributed by atoms with van der Waals surface area (Å²) in [6, 6.07) is 0. The van der Waals surface area contributed by atoms with Gasteiger partial charge in [0.05, 0.1) is 0 Å². The van der Waals surface area contributed by atoms with Gasteiger partial charge in [-0.05, 0) is 6.92 Å². The van der Waals surface area contributed by atoms with Gasteiger partial charge in [0, 0.05) is 6.20 Å². The molecule has 31 valence electrons. The Morgan fingerprint density at radius 3 is 2.83 bits per heavy atom. The predicted octanol–water partition coefficient (Wildman–Crippen LogP) is -0.425. The summed E-state index contributed by atoms with van der Waals surface area (Å²) >= 11 is 0. The third-order valence-electron chi connectivity index (χ3n) is 0.683. The van der Waals surface area contributed by atoms with Crippen LogP contribution in [-0.2, 0) is 0 Å². The summed E-state index contributed by atoms with van der Waals surface area (Å²) in [5.74, 6) is 0. The van der Waals surface area contributed by atoms with Crippen LogP contribution in [0.15, 0.2) is 11.7 Å². The minimum atomic E-state index is 1.23. The molecule has 0 aliphatic carbocycles. The van der Waals surface area contributed by atoms with E-state index in [2.05, 4.69) is 10.8 Å². The molecule has 0 aromatic rings. The maximum absolute atomic E-state index is 2.80. The highest BCUT2D eigenvalue weighted by Gasteiger charge is 1.95. The van der Waals surface area contributed by atoms with Crippen LogP contribution < -0.4 is 10.8 Å². The summed E-state index contributed by atoms with van der Waals surface area (Å²) in [5.41, 5.74) is 4.04. The number of hydrogen-bond donors (Lipinski definition) is 2. The van der Waals surface area contributed by atoms with Crippen LogP contribution in [0.2, 0.25) is 0 Å². The van der Waals surface area contributed by atoms with Crippen LogP contribution in [0.3, 0.4) is 0 Å². The fourth-order valence-electron chi connectivity index (χ4n) is 0.353. The Kier molecular flexibility index (Phi) is 0.840. The molecule has 6 heavy (non-hydrogen) atoms. The van der Waals surface area contributed by atoms with Gasteiger partial charge in [-0.25, -0.2) is 0 Å². The standard InChI is InChI=1S/C3H6BN2/c1-3-2-5-6-4-3/h2,5-6H,1H3. The van der Waals surface area contributed by atoms with Gasteiger partial charge in [0.25, 0.3) is 7.41 Å². The maximum Gasteiger partial charge on any atom is 0.266 e. The molecule has 3 heteroatoms. The van der Waals surface area contributed by atoms with Crippen molar-refractivity contribution in [3.63, 3.8) is 0 Å².